The van der Waals surface area contributed by atoms with Crippen LogP contribution in [0.3, 0.4) is 0 Å². The van der Waals surface area contributed by atoms with Gasteiger partial charge in [-0.15, -0.1) is 11.6 Å². The molecule has 1 aromatic carbocycles. The molecule has 0 aliphatic rings. The normalized spacial score (nSPS) is 10.7. The zero-order valence-electron chi connectivity index (χ0n) is 11.6. The summed E-state index contributed by atoms with van der Waals surface area (Å²) >= 11 is 5.64. The van der Waals surface area contributed by atoms with Crippen molar-refractivity contribution >= 4 is 28.5 Å². The SMILES string of the molecule is CN(CCCCCCl)C(=O)c1ccc2nccnc2c1. The molecule has 0 fully saturated rings. The Bertz CT molecular complexity index is 588. The molecule has 0 saturated heterocycles. The molecular weight excluding hydrogens is 274 g/mol. The number of hydrogen-bond acceptors (Lipinski definition) is 3. The fourth-order valence-electron chi connectivity index (χ4n) is 2.04. The Labute approximate surface area is 123 Å². The van der Waals surface area contributed by atoms with Crippen molar-refractivity contribution in [3.05, 3.63) is 36.2 Å². The number of carbonyl (C=O) groups excluding carboxylic acids is 1. The molecule has 1 heterocycles. The zero-order valence-corrected chi connectivity index (χ0v) is 12.3. The van der Waals surface area contributed by atoms with Crippen LogP contribution in [-0.4, -0.2) is 40.2 Å². The topological polar surface area (TPSA) is 46.1 Å². The van der Waals surface area contributed by atoms with Crippen LogP contribution in [0.25, 0.3) is 11.0 Å². The maximum Gasteiger partial charge on any atom is 0.253 e. The van der Waals surface area contributed by atoms with Gasteiger partial charge in [-0.25, -0.2) is 0 Å². The smallest absolute Gasteiger partial charge is 0.253 e. The lowest BCUT2D eigenvalue weighted by Gasteiger charge is -2.17. The number of nitrogens with zero attached hydrogens (tertiary/aromatic N) is 3. The van der Waals surface area contributed by atoms with E-state index in [-0.39, 0.29) is 5.91 Å². The van der Waals surface area contributed by atoms with E-state index in [4.69, 9.17) is 11.6 Å². The van der Waals surface area contributed by atoms with Gasteiger partial charge in [0.25, 0.3) is 5.91 Å². The molecule has 1 amide bonds. The summed E-state index contributed by atoms with van der Waals surface area (Å²) in [6, 6.07) is 5.42. The molecule has 0 spiro atoms. The van der Waals surface area contributed by atoms with Gasteiger partial charge in [-0.3, -0.25) is 14.8 Å². The first-order chi connectivity index (χ1) is 9.72. The van der Waals surface area contributed by atoms with Gasteiger partial charge in [0.1, 0.15) is 0 Å². The van der Waals surface area contributed by atoms with Crippen molar-refractivity contribution < 1.29 is 4.79 Å². The van der Waals surface area contributed by atoms with Crippen LogP contribution in [-0.2, 0) is 0 Å². The number of aromatic nitrogens is 2. The molecule has 2 aromatic rings. The Morgan fingerprint density at radius 2 is 1.90 bits per heavy atom. The summed E-state index contributed by atoms with van der Waals surface area (Å²) in [6.07, 6.45) is 6.29. The quantitative estimate of drug-likeness (QED) is 0.607. The molecular formula is C15H18ClN3O. The van der Waals surface area contributed by atoms with Crippen molar-refractivity contribution in [1.29, 1.82) is 0 Å². The monoisotopic (exact) mass is 291 g/mol. The minimum atomic E-state index is 0.0171. The van der Waals surface area contributed by atoms with Gasteiger partial charge >= 0.3 is 0 Å². The van der Waals surface area contributed by atoms with E-state index in [2.05, 4.69) is 9.97 Å². The number of benzene rings is 1. The van der Waals surface area contributed by atoms with Crippen molar-refractivity contribution in [2.75, 3.05) is 19.5 Å². The lowest BCUT2D eigenvalue weighted by molar-refractivity contribution is 0.0793. The molecule has 0 N–H and O–H groups in total. The van der Waals surface area contributed by atoms with Crippen molar-refractivity contribution in [3.8, 4) is 0 Å². The van der Waals surface area contributed by atoms with Crippen LogP contribution in [0.1, 0.15) is 29.6 Å². The van der Waals surface area contributed by atoms with Crippen molar-refractivity contribution in [2.45, 2.75) is 19.3 Å². The number of alkyl halides is 1. The number of amides is 1. The van der Waals surface area contributed by atoms with Crippen LogP contribution in [0.5, 0.6) is 0 Å². The minimum Gasteiger partial charge on any atom is -0.342 e. The summed E-state index contributed by atoms with van der Waals surface area (Å²) < 4.78 is 0. The fraction of sp³-hybridized carbons (Fsp3) is 0.400. The summed E-state index contributed by atoms with van der Waals surface area (Å²) in [6.45, 7) is 0.744. The molecule has 106 valence electrons. The van der Waals surface area contributed by atoms with Crippen LogP contribution < -0.4 is 0 Å². The molecule has 0 atom stereocenters. The van der Waals surface area contributed by atoms with Crippen LogP contribution in [0.2, 0.25) is 0 Å². The standard InChI is InChI=1S/C15H18ClN3O/c1-19(10-4-2-3-7-16)15(20)12-5-6-13-14(11-12)18-9-8-17-13/h5-6,8-9,11H,2-4,7,10H2,1H3. The van der Waals surface area contributed by atoms with Crippen LogP contribution in [0.4, 0.5) is 0 Å². The average molecular weight is 292 g/mol. The summed E-state index contributed by atoms with van der Waals surface area (Å²) in [4.78, 5) is 22.5. The van der Waals surface area contributed by atoms with E-state index in [0.29, 0.717) is 11.4 Å². The summed E-state index contributed by atoms with van der Waals surface area (Å²) in [5.74, 6) is 0.699. The first-order valence-corrected chi connectivity index (χ1v) is 7.28. The number of halogens is 1. The highest BCUT2D eigenvalue weighted by Crippen LogP contribution is 2.13. The molecule has 4 nitrogen and oxygen atoms in total. The Balaban J connectivity index is 2.02. The summed E-state index contributed by atoms with van der Waals surface area (Å²) in [7, 11) is 1.82. The molecule has 5 heteroatoms. The lowest BCUT2D eigenvalue weighted by atomic mass is 10.1. The summed E-state index contributed by atoms with van der Waals surface area (Å²) in [5, 5.41) is 0. The predicted molar refractivity (Wildman–Crippen MR) is 81.1 cm³/mol. The second kappa shape index (κ2) is 7.20. The van der Waals surface area contributed by atoms with Gasteiger partial charge in [0, 0.05) is 37.4 Å². The van der Waals surface area contributed by atoms with Crippen LogP contribution in [0.15, 0.2) is 30.6 Å². The molecule has 0 unspecified atom stereocenters. The van der Waals surface area contributed by atoms with Crippen LogP contribution >= 0.6 is 11.6 Å². The molecule has 20 heavy (non-hydrogen) atoms. The Hall–Kier alpha value is -1.68. The maximum absolute atomic E-state index is 12.3. The summed E-state index contributed by atoms with van der Waals surface area (Å²) in [5.41, 5.74) is 2.19. The second-order valence-corrected chi connectivity index (χ2v) is 5.11. The first kappa shape index (κ1) is 14.7. The molecule has 2 rings (SSSR count). The van der Waals surface area contributed by atoms with Crippen molar-refractivity contribution in [2.24, 2.45) is 0 Å². The highest BCUT2D eigenvalue weighted by Gasteiger charge is 2.12. The van der Waals surface area contributed by atoms with Gasteiger partial charge in [-0.2, -0.15) is 0 Å². The lowest BCUT2D eigenvalue weighted by Crippen LogP contribution is -2.27. The number of hydrogen-bond donors (Lipinski definition) is 0. The predicted octanol–water partition coefficient (Wildman–Crippen LogP) is 3.11. The molecule has 0 aliphatic carbocycles. The van der Waals surface area contributed by atoms with Gasteiger partial charge in [-0.05, 0) is 31.0 Å². The maximum atomic E-state index is 12.3. The van der Waals surface area contributed by atoms with Gasteiger partial charge in [0.05, 0.1) is 11.0 Å². The third-order valence-corrected chi connectivity index (χ3v) is 3.46. The number of unbranched alkanes of at least 4 members (excludes halogenated alkanes) is 2. The van der Waals surface area contributed by atoms with E-state index < -0.39 is 0 Å². The Morgan fingerprint density at radius 1 is 1.15 bits per heavy atom. The third kappa shape index (κ3) is 3.67. The largest absolute Gasteiger partial charge is 0.342 e. The van der Waals surface area contributed by atoms with E-state index in [1.54, 1.807) is 29.4 Å². The molecule has 1 aromatic heterocycles. The molecule has 0 bridgehead atoms. The minimum absolute atomic E-state index is 0.0171. The van der Waals surface area contributed by atoms with Gasteiger partial charge in [0.2, 0.25) is 0 Å². The first-order valence-electron chi connectivity index (χ1n) is 6.74. The molecule has 0 saturated carbocycles. The highest BCUT2D eigenvalue weighted by atomic mass is 35.5. The van der Waals surface area contributed by atoms with E-state index in [9.17, 15) is 4.79 Å². The van der Waals surface area contributed by atoms with E-state index in [1.165, 1.54) is 0 Å². The number of fused-ring (bicyclic) bond motifs is 1. The van der Waals surface area contributed by atoms with Crippen molar-refractivity contribution in [1.82, 2.24) is 14.9 Å². The van der Waals surface area contributed by atoms with Gasteiger partial charge < -0.3 is 4.90 Å². The Morgan fingerprint density at radius 3 is 2.65 bits per heavy atom. The van der Waals surface area contributed by atoms with Gasteiger partial charge in [0.15, 0.2) is 0 Å². The Kier molecular flexibility index (Phi) is 5.30. The van der Waals surface area contributed by atoms with Gasteiger partial charge in [-0.1, -0.05) is 6.42 Å². The van der Waals surface area contributed by atoms with E-state index in [0.717, 1.165) is 36.8 Å². The van der Waals surface area contributed by atoms with E-state index in [1.807, 2.05) is 13.1 Å². The zero-order chi connectivity index (χ0) is 14.4. The third-order valence-electron chi connectivity index (χ3n) is 3.19. The van der Waals surface area contributed by atoms with E-state index >= 15 is 0 Å². The second-order valence-electron chi connectivity index (χ2n) is 4.74. The molecule has 0 aliphatic heterocycles. The highest BCUT2D eigenvalue weighted by molar-refractivity contribution is 6.17. The average Bonchev–Trinajstić information content (AvgIpc) is 2.50. The fourth-order valence-corrected chi connectivity index (χ4v) is 2.23. The number of carbonyl (C=O) groups is 1. The van der Waals surface area contributed by atoms with Crippen molar-refractivity contribution in [3.63, 3.8) is 0 Å². The molecule has 0 radical (unpaired) electrons. The number of rotatable bonds is 6. The van der Waals surface area contributed by atoms with Crippen LogP contribution in [0, 0.1) is 0 Å².